The van der Waals surface area contributed by atoms with Gasteiger partial charge in [0, 0.05) is 29.8 Å². The van der Waals surface area contributed by atoms with Gasteiger partial charge in [0.25, 0.3) is 5.91 Å². The highest BCUT2D eigenvalue weighted by molar-refractivity contribution is 7.13. The summed E-state index contributed by atoms with van der Waals surface area (Å²) < 4.78 is 6.95. The van der Waals surface area contributed by atoms with Crippen molar-refractivity contribution in [3.63, 3.8) is 0 Å². The highest BCUT2D eigenvalue weighted by Gasteiger charge is 2.23. The molecule has 0 bridgehead atoms. The second kappa shape index (κ2) is 8.55. The lowest BCUT2D eigenvalue weighted by molar-refractivity contribution is 0.0901. The first-order valence-corrected chi connectivity index (χ1v) is 10.3. The van der Waals surface area contributed by atoms with Gasteiger partial charge in [-0.15, -0.1) is 11.3 Å². The van der Waals surface area contributed by atoms with E-state index >= 15 is 0 Å². The molecule has 0 saturated heterocycles. The summed E-state index contributed by atoms with van der Waals surface area (Å²) in [7, 11) is 1.62. The molecule has 0 aliphatic carbocycles. The SMILES string of the molecule is COCC(C)NC(=O)c1nn(Cc2ccccc2)c2nccc(-c3cccs3)c12. The van der Waals surface area contributed by atoms with Crippen LogP contribution in [0, 0.1) is 0 Å². The van der Waals surface area contributed by atoms with Crippen molar-refractivity contribution in [2.45, 2.75) is 19.5 Å². The number of hydrogen-bond acceptors (Lipinski definition) is 5. The fraction of sp³-hybridized carbons (Fsp3) is 0.227. The normalized spacial score (nSPS) is 12.2. The smallest absolute Gasteiger partial charge is 0.272 e. The van der Waals surface area contributed by atoms with Gasteiger partial charge in [0.05, 0.1) is 18.5 Å². The molecule has 0 spiro atoms. The number of hydrogen-bond donors (Lipinski definition) is 1. The molecule has 0 radical (unpaired) electrons. The lowest BCUT2D eigenvalue weighted by atomic mass is 10.1. The van der Waals surface area contributed by atoms with Crippen molar-refractivity contribution in [1.29, 1.82) is 0 Å². The van der Waals surface area contributed by atoms with Gasteiger partial charge in [-0.2, -0.15) is 5.10 Å². The third-order valence-corrected chi connectivity index (χ3v) is 5.51. The Labute approximate surface area is 173 Å². The van der Waals surface area contributed by atoms with Gasteiger partial charge in [0.15, 0.2) is 11.3 Å². The summed E-state index contributed by atoms with van der Waals surface area (Å²) in [6, 6.07) is 15.9. The zero-order valence-corrected chi connectivity index (χ0v) is 17.1. The molecule has 0 aliphatic rings. The average molecular weight is 407 g/mol. The number of benzene rings is 1. The molecule has 0 fully saturated rings. The lowest BCUT2D eigenvalue weighted by Crippen LogP contribution is -2.36. The second-order valence-electron chi connectivity index (χ2n) is 6.86. The van der Waals surface area contributed by atoms with E-state index in [0.29, 0.717) is 24.5 Å². The van der Waals surface area contributed by atoms with Crippen molar-refractivity contribution < 1.29 is 9.53 Å². The minimum atomic E-state index is -0.225. The molecule has 4 aromatic rings. The summed E-state index contributed by atoms with van der Waals surface area (Å²) in [6.45, 7) is 2.88. The van der Waals surface area contributed by atoms with Crippen LogP contribution in [0.15, 0.2) is 60.1 Å². The highest BCUT2D eigenvalue weighted by Crippen LogP contribution is 2.33. The second-order valence-corrected chi connectivity index (χ2v) is 7.80. The summed E-state index contributed by atoms with van der Waals surface area (Å²) >= 11 is 1.63. The van der Waals surface area contributed by atoms with Crippen LogP contribution in [0.25, 0.3) is 21.5 Å². The van der Waals surface area contributed by atoms with Crippen LogP contribution in [-0.2, 0) is 11.3 Å². The van der Waals surface area contributed by atoms with E-state index in [1.807, 2.05) is 60.8 Å². The number of methoxy groups -OCH3 is 1. The van der Waals surface area contributed by atoms with Crippen molar-refractivity contribution in [2.75, 3.05) is 13.7 Å². The predicted molar refractivity (Wildman–Crippen MR) is 115 cm³/mol. The summed E-state index contributed by atoms with van der Waals surface area (Å²) in [6.07, 6.45) is 1.77. The zero-order chi connectivity index (χ0) is 20.2. The first-order valence-electron chi connectivity index (χ1n) is 9.40. The summed E-state index contributed by atoms with van der Waals surface area (Å²) in [5, 5.41) is 10.4. The van der Waals surface area contributed by atoms with Crippen LogP contribution in [0.4, 0.5) is 0 Å². The van der Waals surface area contributed by atoms with Gasteiger partial charge in [-0.05, 0) is 30.0 Å². The number of rotatable bonds is 7. The summed E-state index contributed by atoms with van der Waals surface area (Å²) in [5.74, 6) is -0.225. The van der Waals surface area contributed by atoms with Crippen LogP contribution in [0.3, 0.4) is 0 Å². The minimum absolute atomic E-state index is 0.122. The Balaban J connectivity index is 1.83. The largest absolute Gasteiger partial charge is 0.383 e. The Hall–Kier alpha value is -3.03. The summed E-state index contributed by atoms with van der Waals surface area (Å²) in [4.78, 5) is 18.7. The molecule has 7 heteroatoms. The molecule has 1 atom stereocenters. The van der Waals surface area contributed by atoms with Gasteiger partial charge < -0.3 is 10.1 Å². The minimum Gasteiger partial charge on any atom is -0.383 e. The monoisotopic (exact) mass is 406 g/mol. The zero-order valence-electron chi connectivity index (χ0n) is 16.3. The Morgan fingerprint density at radius 3 is 2.76 bits per heavy atom. The maximum atomic E-state index is 13.1. The van der Waals surface area contributed by atoms with Crippen molar-refractivity contribution in [3.8, 4) is 10.4 Å². The predicted octanol–water partition coefficient (Wildman–Crippen LogP) is 3.97. The Morgan fingerprint density at radius 2 is 2.03 bits per heavy atom. The molecule has 0 saturated carbocycles. The van der Waals surface area contributed by atoms with Gasteiger partial charge >= 0.3 is 0 Å². The van der Waals surface area contributed by atoms with E-state index in [1.165, 1.54) is 0 Å². The Kier molecular flexibility index (Phi) is 5.69. The molecule has 6 nitrogen and oxygen atoms in total. The van der Waals surface area contributed by atoms with Crippen LogP contribution in [-0.4, -0.2) is 40.4 Å². The van der Waals surface area contributed by atoms with Crippen LogP contribution in [0.5, 0.6) is 0 Å². The van der Waals surface area contributed by atoms with Crippen LogP contribution < -0.4 is 5.32 Å². The van der Waals surface area contributed by atoms with Gasteiger partial charge in [0.2, 0.25) is 0 Å². The molecule has 1 aromatic carbocycles. The fourth-order valence-corrected chi connectivity index (χ4v) is 4.10. The maximum absolute atomic E-state index is 13.1. The molecule has 3 heterocycles. The summed E-state index contributed by atoms with van der Waals surface area (Å²) in [5.41, 5.74) is 3.15. The van der Waals surface area contributed by atoms with Crippen LogP contribution in [0.2, 0.25) is 0 Å². The number of nitrogens with one attached hydrogen (secondary N) is 1. The van der Waals surface area contributed by atoms with E-state index in [1.54, 1.807) is 29.3 Å². The maximum Gasteiger partial charge on any atom is 0.272 e. The Morgan fingerprint density at radius 1 is 1.21 bits per heavy atom. The van der Waals surface area contributed by atoms with E-state index in [0.717, 1.165) is 21.4 Å². The molecular weight excluding hydrogens is 384 g/mol. The third kappa shape index (κ3) is 4.06. The number of carbonyl (C=O) groups excluding carboxylic acids is 1. The topological polar surface area (TPSA) is 69.0 Å². The van der Waals surface area contributed by atoms with Crippen molar-refractivity contribution in [2.24, 2.45) is 0 Å². The number of thiophene rings is 1. The molecule has 1 amide bonds. The van der Waals surface area contributed by atoms with E-state index < -0.39 is 0 Å². The van der Waals surface area contributed by atoms with E-state index in [2.05, 4.69) is 15.4 Å². The first kappa shape index (κ1) is 19.3. The molecular formula is C22H22N4O2S. The van der Waals surface area contributed by atoms with Crippen molar-refractivity contribution in [3.05, 3.63) is 71.4 Å². The molecule has 148 valence electrons. The molecule has 29 heavy (non-hydrogen) atoms. The highest BCUT2D eigenvalue weighted by atomic mass is 32.1. The van der Waals surface area contributed by atoms with Gasteiger partial charge in [-0.3, -0.25) is 4.79 Å². The fourth-order valence-electron chi connectivity index (χ4n) is 3.34. The average Bonchev–Trinajstić information content (AvgIpc) is 3.37. The van der Waals surface area contributed by atoms with Gasteiger partial charge in [0.1, 0.15) is 0 Å². The van der Waals surface area contributed by atoms with Gasteiger partial charge in [-0.25, -0.2) is 9.67 Å². The number of pyridine rings is 1. The quantitative estimate of drug-likeness (QED) is 0.504. The van der Waals surface area contributed by atoms with E-state index in [-0.39, 0.29) is 11.9 Å². The molecule has 0 aliphatic heterocycles. The van der Waals surface area contributed by atoms with Crippen molar-refractivity contribution >= 4 is 28.3 Å². The number of aromatic nitrogens is 3. The number of ether oxygens (including phenoxy) is 1. The van der Waals surface area contributed by atoms with Crippen LogP contribution >= 0.6 is 11.3 Å². The number of carbonyl (C=O) groups is 1. The van der Waals surface area contributed by atoms with E-state index in [4.69, 9.17) is 4.74 Å². The molecule has 3 aromatic heterocycles. The van der Waals surface area contributed by atoms with Crippen LogP contribution in [0.1, 0.15) is 23.0 Å². The lowest BCUT2D eigenvalue weighted by Gasteiger charge is -2.11. The molecule has 1 unspecified atom stereocenters. The Bertz CT molecular complexity index is 1110. The standard InChI is InChI=1S/C22H22N4O2S/c1-15(14-28-2)24-22(27)20-19-17(18-9-6-12-29-18)10-11-23-21(19)26(25-20)13-16-7-4-3-5-8-16/h3-12,15H,13-14H2,1-2H3,(H,24,27). The molecule has 1 N–H and O–H groups in total. The third-order valence-electron chi connectivity index (χ3n) is 4.60. The number of amides is 1. The first-order chi connectivity index (χ1) is 14.2. The van der Waals surface area contributed by atoms with E-state index in [9.17, 15) is 4.79 Å². The molecule has 4 rings (SSSR count). The van der Waals surface area contributed by atoms with Crippen molar-refractivity contribution in [1.82, 2.24) is 20.1 Å². The number of nitrogens with zero attached hydrogens (tertiary/aromatic N) is 3. The van der Waals surface area contributed by atoms with Gasteiger partial charge in [-0.1, -0.05) is 36.4 Å². The number of fused-ring (bicyclic) bond motifs is 1.